The minimum Gasteiger partial charge on any atom is -0.352 e. The maximum atomic E-state index is 12.1. The summed E-state index contributed by atoms with van der Waals surface area (Å²) < 4.78 is 26.6. The Bertz CT molecular complexity index is 728. The van der Waals surface area contributed by atoms with E-state index in [0.29, 0.717) is 12.1 Å². The van der Waals surface area contributed by atoms with Crippen molar-refractivity contribution in [1.29, 1.82) is 0 Å². The first-order valence-electron chi connectivity index (χ1n) is 6.80. The van der Waals surface area contributed by atoms with E-state index in [4.69, 9.17) is 0 Å². The Morgan fingerprint density at radius 3 is 2.50 bits per heavy atom. The van der Waals surface area contributed by atoms with Crippen LogP contribution in [0.1, 0.15) is 22.8 Å². The Morgan fingerprint density at radius 2 is 1.91 bits per heavy atom. The van der Waals surface area contributed by atoms with Crippen molar-refractivity contribution in [3.63, 3.8) is 0 Å². The standard InChI is InChI=1S/C15H17N3O3S/c1-2-17-15(19)13-7-5-12(6-8-13)10-18-22(20,21)14-4-3-9-16-11-14/h3-9,11,18H,2,10H2,1H3,(H,17,19). The summed E-state index contributed by atoms with van der Waals surface area (Å²) in [4.78, 5) is 15.5. The van der Waals surface area contributed by atoms with Gasteiger partial charge in [-0.1, -0.05) is 12.1 Å². The number of rotatable bonds is 6. The van der Waals surface area contributed by atoms with Crippen molar-refractivity contribution >= 4 is 15.9 Å². The van der Waals surface area contributed by atoms with E-state index in [9.17, 15) is 13.2 Å². The predicted molar refractivity (Wildman–Crippen MR) is 82.7 cm³/mol. The first-order chi connectivity index (χ1) is 10.5. The summed E-state index contributed by atoms with van der Waals surface area (Å²) in [6.07, 6.45) is 2.81. The van der Waals surface area contributed by atoms with Gasteiger partial charge in [-0.2, -0.15) is 0 Å². The molecule has 0 unspecified atom stereocenters. The van der Waals surface area contributed by atoms with Gasteiger partial charge in [-0.3, -0.25) is 9.78 Å². The molecule has 1 heterocycles. The molecule has 7 heteroatoms. The van der Waals surface area contributed by atoms with Gasteiger partial charge in [0.15, 0.2) is 0 Å². The molecule has 1 aromatic heterocycles. The van der Waals surface area contributed by atoms with E-state index in [-0.39, 0.29) is 17.3 Å². The van der Waals surface area contributed by atoms with E-state index < -0.39 is 10.0 Å². The predicted octanol–water partition coefficient (Wildman–Crippen LogP) is 1.31. The second-order valence-electron chi connectivity index (χ2n) is 4.57. The summed E-state index contributed by atoms with van der Waals surface area (Å²) in [5.74, 6) is -0.148. The lowest BCUT2D eigenvalue weighted by Gasteiger charge is -2.07. The van der Waals surface area contributed by atoms with Crippen LogP contribution in [-0.2, 0) is 16.6 Å². The second-order valence-corrected chi connectivity index (χ2v) is 6.34. The molecule has 0 spiro atoms. The van der Waals surface area contributed by atoms with Crippen molar-refractivity contribution < 1.29 is 13.2 Å². The Labute approximate surface area is 129 Å². The van der Waals surface area contributed by atoms with Gasteiger partial charge in [-0.25, -0.2) is 13.1 Å². The monoisotopic (exact) mass is 319 g/mol. The molecule has 0 saturated heterocycles. The van der Waals surface area contributed by atoms with Crippen LogP contribution in [0, 0.1) is 0 Å². The summed E-state index contributed by atoms with van der Waals surface area (Å²) in [7, 11) is -3.59. The third-order valence-corrected chi connectivity index (χ3v) is 4.35. The molecule has 0 aliphatic carbocycles. The largest absolute Gasteiger partial charge is 0.352 e. The molecule has 6 nitrogen and oxygen atoms in total. The molecule has 2 N–H and O–H groups in total. The average Bonchev–Trinajstić information content (AvgIpc) is 2.54. The molecule has 0 aliphatic heterocycles. The van der Waals surface area contributed by atoms with Crippen molar-refractivity contribution in [3.05, 3.63) is 59.9 Å². The number of benzene rings is 1. The number of hydrogen-bond donors (Lipinski definition) is 2. The van der Waals surface area contributed by atoms with Crippen LogP contribution >= 0.6 is 0 Å². The van der Waals surface area contributed by atoms with Gasteiger partial charge in [0, 0.05) is 31.0 Å². The first-order valence-corrected chi connectivity index (χ1v) is 8.28. The number of aromatic nitrogens is 1. The molecular weight excluding hydrogens is 302 g/mol. The zero-order valence-electron chi connectivity index (χ0n) is 12.1. The van der Waals surface area contributed by atoms with Crippen molar-refractivity contribution in [1.82, 2.24) is 15.0 Å². The number of carbonyl (C=O) groups is 1. The molecule has 0 aliphatic rings. The molecule has 2 rings (SSSR count). The highest BCUT2D eigenvalue weighted by Gasteiger charge is 2.13. The van der Waals surface area contributed by atoms with Gasteiger partial charge < -0.3 is 5.32 Å². The Hall–Kier alpha value is -2.25. The lowest BCUT2D eigenvalue weighted by atomic mass is 10.1. The van der Waals surface area contributed by atoms with Gasteiger partial charge in [0.1, 0.15) is 4.90 Å². The van der Waals surface area contributed by atoms with Crippen LogP contribution < -0.4 is 10.0 Å². The van der Waals surface area contributed by atoms with Gasteiger partial charge in [0.2, 0.25) is 10.0 Å². The third kappa shape index (κ3) is 4.12. The normalized spacial score (nSPS) is 11.1. The maximum Gasteiger partial charge on any atom is 0.251 e. The molecule has 0 fully saturated rings. The van der Waals surface area contributed by atoms with Crippen molar-refractivity contribution in [3.8, 4) is 0 Å². The molecule has 0 saturated carbocycles. The van der Waals surface area contributed by atoms with Crippen LogP contribution in [0.4, 0.5) is 0 Å². The minimum absolute atomic E-state index is 0.119. The number of nitrogens with one attached hydrogen (secondary N) is 2. The summed E-state index contributed by atoms with van der Waals surface area (Å²) in [5.41, 5.74) is 1.31. The SMILES string of the molecule is CCNC(=O)c1ccc(CNS(=O)(=O)c2cccnc2)cc1. The van der Waals surface area contributed by atoms with E-state index in [1.54, 1.807) is 30.3 Å². The second kappa shape index (κ2) is 7.15. The molecular formula is C15H17N3O3S. The van der Waals surface area contributed by atoms with Gasteiger partial charge in [-0.15, -0.1) is 0 Å². The maximum absolute atomic E-state index is 12.1. The fourth-order valence-electron chi connectivity index (χ4n) is 1.80. The molecule has 0 radical (unpaired) electrons. The Kier molecular flexibility index (Phi) is 5.24. The number of carbonyl (C=O) groups excluding carboxylic acids is 1. The van der Waals surface area contributed by atoms with Gasteiger partial charge in [0.25, 0.3) is 5.91 Å². The van der Waals surface area contributed by atoms with Crippen molar-refractivity contribution in [2.24, 2.45) is 0 Å². The number of sulfonamides is 1. The van der Waals surface area contributed by atoms with Gasteiger partial charge in [0.05, 0.1) is 0 Å². The van der Waals surface area contributed by atoms with Gasteiger partial charge in [-0.05, 0) is 36.8 Å². The zero-order valence-corrected chi connectivity index (χ0v) is 12.9. The van der Waals surface area contributed by atoms with Crippen LogP contribution in [0.15, 0.2) is 53.7 Å². The molecule has 2 aromatic rings. The fraction of sp³-hybridized carbons (Fsp3) is 0.200. The number of nitrogens with zero attached hydrogens (tertiary/aromatic N) is 1. The third-order valence-electron chi connectivity index (χ3n) is 2.96. The highest BCUT2D eigenvalue weighted by Crippen LogP contribution is 2.08. The first kappa shape index (κ1) is 16.1. The average molecular weight is 319 g/mol. The van der Waals surface area contributed by atoms with Crippen LogP contribution in [0.5, 0.6) is 0 Å². The molecule has 1 amide bonds. The van der Waals surface area contributed by atoms with Crippen molar-refractivity contribution in [2.75, 3.05) is 6.54 Å². The topological polar surface area (TPSA) is 88.2 Å². The minimum atomic E-state index is -3.59. The molecule has 116 valence electrons. The summed E-state index contributed by atoms with van der Waals surface area (Å²) >= 11 is 0. The van der Waals surface area contributed by atoms with E-state index >= 15 is 0 Å². The van der Waals surface area contributed by atoms with Crippen LogP contribution in [-0.4, -0.2) is 25.9 Å². The van der Waals surface area contributed by atoms with E-state index in [2.05, 4.69) is 15.0 Å². The lowest BCUT2D eigenvalue weighted by Crippen LogP contribution is -2.24. The van der Waals surface area contributed by atoms with Crippen LogP contribution in [0.25, 0.3) is 0 Å². The number of hydrogen-bond acceptors (Lipinski definition) is 4. The molecule has 0 bridgehead atoms. The zero-order chi connectivity index (χ0) is 16.0. The quantitative estimate of drug-likeness (QED) is 0.840. The highest BCUT2D eigenvalue weighted by molar-refractivity contribution is 7.89. The molecule has 0 atom stereocenters. The van der Waals surface area contributed by atoms with E-state index in [1.165, 1.54) is 18.5 Å². The fourth-order valence-corrected chi connectivity index (χ4v) is 2.79. The number of pyridine rings is 1. The highest BCUT2D eigenvalue weighted by atomic mass is 32.2. The number of amides is 1. The Balaban J connectivity index is 2.02. The van der Waals surface area contributed by atoms with E-state index in [1.807, 2.05) is 6.92 Å². The smallest absolute Gasteiger partial charge is 0.251 e. The summed E-state index contributed by atoms with van der Waals surface area (Å²) in [6, 6.07) is 9.81. The Morgan fingerprint density at radius 1 is 1.18 bits per heavy atom. The van der Waals surface area contributed by atoms with E-state index in [0.717, 1.165) is 5.56 Å². The summed E-state index contributed by atoms with van der Waals surface area (Å²) in [5, 5.41) is 2.70. The molecule has 22 heavy (non-hydrogen) atoms. The van der Waals surface area contributed by atoms with Crippen LogP contribution in [0.3, 0.4) is 0 Å². The van der Waals surface area contributed by atoms with Crippen molar-refractivity contribution in [2.45, 2.75) is 18.4 Å². The lowest BCUT2D eigenvalue weighted by molar-refractivity contribution is 0.0956. The molecule has 1 aromatic carbocycles. The van der Waals surface area contributed by atoms with Gasteiger partial charge >= 0.3 is 0 Å². The summed E-state index contributed by atoms with van der Waals surface area (Å²) in [6.45, 7) is 2.55. The van der Waals surface area contributed by atoms with Crippen LogP contribution in [0.2, 0.25) is 0 Å².